The molecule has 0 bridgehead atoms. The van der Waals surface area contributed by atoms with Crippen molar-refractivity contribution in [1.82, 2.24) is 40.9 Å². The summed E-state index contributed by atoms with van der Waals surface area (Å²) in [6.45, 7) is 4.31. The molecule has 344 valence electrons. The third kappa shape index (κ3) is 22.1. The van der Waals surface area contributed by atoms with Crippen LogP contribution < -0.4 is 21.3 Å². The fourth-order valence-electron chi connectivity index (χ4n) is 6.27. The first-order valence-electron chi connectivity index (χ1n) is 20.2. The number of carbonyl (C=O) groups excluding carboxylic acids is 4. The van der Waals surface area contributed by atoms with Gasteiger partial charge in [-0.1, -0.05) is 6.08 Å². The molecule has 0 aliphatic carbocycles. The number of unbranched alkanes of at least 4 members (excludes halogenated alkanes) is 2. The summed E-state index contributed by atoms with van der Waals surface area (Å²) in [5, 5.41) is 87.8. The third-order valence-electron chi connectivity index (χ3n) is 9.96. The minimum Gasteiger partial charge on any atom is -0.480 e. The normalized spacial score (nSPS) is 21.2. The molecule has 12 N–H and O–H groups in total. The molecule has 2 aliphatic heterocycles. The van der Waals surface area contributed by atoms with Crippen LogP contribution in [0.25, 0.3) is 0 Å². The molecule has 0 radical (unpaired) electrons. The van der Waals surface area contributed by atoms with Crippen LogP contribution in [0.5, 0.6) is 0 Å². The maximum atomic E-state index is 13.6. The number of rotatable bonds is 27. The molecule has 2 fully saturated rings. The molecule has 2 rings (SSSR count). The number of carboxylic acid groups (broad SMARTS) is 2. The smallest absolute Gasteiger partial charge is 0.317 e. The van der Waals surface area contributed by atoms with Gasteiger partial charge in [-0.2, -0.15) is 0 Å². The topological polar surface area (TPSA) is 338 Å². The van der Waals surface area contributed by atoms with Crippen molar-refractivity contribution in [2.75, 3.05) is 105 Å². The van der Waals surface area contributed by atoms with Crippen LogP contribution in [0.4, 0.5) is 0 Å². The zero-order valence-corrected chi connectivity index (χ0v) is 34.1. The number of hydrogen-bond donors (Lipinski definition) is 12. The minimum atomic E-state index is -1.91. The Balaban J connectivity index is 2.15. The summed E-state index contributed by atoms with van der Waals surface area (Å²) < 4.78 is 5.19. The number of amides is 4. The van der Waals surface area contributed by atoms with Crippen molar-refractivity contribution in [3.8, 4) is 0 Å². The van der Waals surface area contributed by atoms with Gasteiger partial charge in [0.25, 0.3) is 0 Å². The Hall–Kier alpha value is -3.88. The molecule has 4 amide bonds. The van der Waals surface area contributed by atoms with Crippen LogP contribution in [0.2, 0.25) is 0 Å². The van der Waals surface area contributed by atoms with Crippen molar-refractivity contribution in [1.29, 1.82) is 0 Å². The van der Waals surface area contributed by atoms with Gasteiger partial charge in [0.1, 0.15) is 30.5 Å². The second-order valence-corrected chi connectivity index (χ2v) is 14.9. The van der Waals surface area contributed by atoms with E-state index >= 15 is 0 Å². The predicted octanol–water partition coefficient (Wildman–Crippen LogP) is -6.11. The van der Waals surface area contributed by atoms with E-state index in [-0.39, 0.29) is 84.1 Å². The van der Waals surface area contributed by atoms with Crippen molar-refractivity contribution in [3.63, 3.8) is 0 Å². The Morgan fingerprint density at radius 2 is 1.20 bits per heavy atom. The van der Waals surface area contributed by atoms with E-state index in [0.29, 0.717) is 32.7 Å². The summed E-state index contributed by atoms with van der Waals surface area (Å²) in [5.74, 6) is -4.42. The number of allylic oxidation sites excluding steroid dienone is 1. The molecule has 2 unspecified atom stereocenters. The fourth-order valence-corrected chi connectivity index (χ4v) is 6.27. The van der Waals surface area contributed by atoms with Crippen LogP contribution in [0.1, 0.15) is 38.5 Å². The van der Waals surface area contributed by atoms with E-state index in [1.54, 1.807) is 20.8 Å². The Bertz CT molecular complexity index is 1370. The van der Waals surface area contributed by atoms with Crippen LogP contribution >= 0.6 is 0 Å². The van der Waals surface area contributed by atoms with E-state index in [9.17, 15) is 64.5 Å². The Kier molecular flexibility index (Phi) is 24.9. The van der Waals surface area contributed by atoms with Gasteiger partial charge in [-0.05, 0) is 25.7 Å². The summed E-state index contributed by atoms with van der Waals surface area (Å²) in [7, 11) is 0. The quantitative estimate of drug-likeness (QED) is 0.0208. The number of epoxide rings is 1. The van der Waals surface area contributed by atoms with Gasteiger partial charge in [0.05, 0.1) is 32.3 Å². The summed E-state index contributed by atoms with van der Waals surface area (Å²) in [4.78, 5) is 82.4. The second kappa shape index (κ2) is 28.6. The Morgan fingerprint density at radius 1 is 0.683 bits per heavy atom. The lowest BCUT2D eigenvalue weighted by molar-refractivity contribution is -0.140. The van der Waals surface area contributed by atoms with E-state index in [4.69, 9.17) is 9.84 Å². The van der Waals surface area contributed by atoms with E-state index in [1.807, 2.05) is 4.90 Å². The zero-order chi connectivity index (χ0) is 44.6. The summed E-state index contributed by atoms with van der Waals surface area (Å²) in [6.07, 6.45) is -5.10. The van der Waals surface area contributed by atoms with Gasteiger partial charge in [0, 0.05) is 91.4 Å². The van der Waals surface area contributed by atoms with Gasteiger partial charge in [0.15, 0.2) is 6.29 Å². The number of ether oxygens (including phenoxy) is 1. The standard InChI is InChI=1S/C37H66N8O15/c1-2-3-4-5-9-38-30(50)8-10-39-36(58)25(6-7-29(49)40-19-26(47)34(56)35(57)27(48)24-46)41-31(51)21-43-13-11-42(20-28-37(59)60-28)12-15-44(22-32(52)53)17-18-45(16-14-43)23-33(54)55/h2,25-28,34-35,37,46-48,56-57,59H,1,3-24H2,(H,38,50)(H,39,58)(H,40,49)(H,41,51)(H,52,53)(H,54,55)/t25-,26-,27+,28?,34+,35+,37?/m0/s1. The molecule has 0 saturated carbocycles. The molecule has 2 heterocycles. The number of nitrogens with zero attached hydrogens (tertiary/aromatic N) is 4. The average molecular weight is 863 g/mol. The van der Waals surface area contributed by atoms with Gasteiger partial charge in [-0.15, -0.1) is 6.58 Å². The predicted molar refractivity (Wildman–Crippen MR) is 212 cm³/mol. The number of aliphatic hydroxyl groups excluding tert-OH is 6. The number of carbonyl (C=O) groups is 6. The molecule has 23 heteroatoms. The second-order valence-electron chi connectivity index (χ2n) is 14.9. The lowest BCUT2D eigenvalue weighted by atomic mass is 10.0. The number of aliphatic hydroxyl groups is 6. The summed E-state index contributed by atoms with van der Waals surface area (Å²) in [5.41, 5.74) is 0. The Labute approximate surface area is 349 Å². The van der Waals surface area contributed by atoms with Crippen LogP contribution in [0, 0.1) is 0 Å². The first-order valence-corrected chi connectivity index (χ1v) is 20.2. The first kappa shape index (κ1) is 52.3. The van der Waals surface area contributed by atoms with Gasteiger partial charge >= 0.3 is 11.9 Å². The average Bonchev–Trinajstić information content (AvgIpc) is 3.91. The first-order chi connectivity index (χ1) is 28.5. The molecule has 7 atom stereocenters. The SMILES string of the molecule is C=CCCCCNC(=O)CCNC(=O)[C@H](CCC(=O)NC[C@H](O)[C@@H](O)[C@H](O)[C@H](O)CO)NC(=O)CN1CCN(CC(=O)O)CCN(CC(=O)O)CCN(CC2OC2O)CC1. The van der Waals surface area contributed by atoms with Crippen molar-refractivity contribution < 1.29 is 74.4 Å². The maximum Gasteiger partial charge on any atom is 0.317 e. The van der Waals surface area contributed by atoms with Crippen LogP contribution in [-0.2, 0) is 33.5 Å². The molecular weight excluding hydrogens is 796 g/mol. The largest absolute Gasteiger partial charge is 0.480 e. The van der Waals surface area contributed by atoms with E-state index in [0.717, 1.165) is 19.3 Å². The molecule has 23 nitrogen and oxygen atoms in total. The molecule has 0 aromatic heterocycles. The van der Waals surface area contributed by atoms with Gasteiger partial charge in [0.2, 0.25) is 23.6 Å². The van der Waals surface area contributed by atoms with E-state index < -0.39 is 85.7 Å². The number of nitrogens with one attached hydrogen (secondary N) is 4. The molecule has 0 aromatic rings. The van der Waals surface area contributed by atoms with Gasteiger partial charge in [-0.3, -0.25) is 48.4 Å². The third-order valence-corrected chi connectivity index (χ3v) is 9.96. The van der Waals surface area contributed by atoms with Crippen LogP contribution in [0.3, 0.4) is 0 Å². The lowest BCUT2D eigenvalue weighted by Crippen LogP contribution is -2.52. The van der Waals surface area contributed by atoms with Crippen LogP contribution in [-0.4, -0.2) is 244 Å². The fraction of sp³-hybridized carbons (Fsp3) is 0.784. The molecular formula is C37H66N8O15. The van der Waals surface area contributed by atoms with E-state index in [2.05, 4.69) is 27.8 Å². The lowest BCUT2D eigenvalue weighted by Gasteiger charge is -2.33. The minimum absolute atomic E-state index is 0.0560. The van der Waals surface area contributed by atoms with Gasteiger partial charge < -0.3 is 66.9 Å². The highest BCUT2D eigenvalue weighted by Crippen LogP contribution is 2.20. The number of carboxylic acids is 2. The maximum absolute atomic E-state index is 13.6. The molecule has 2 aliphatic rings. The van der Waals surface area contributed by atoms with Crippen molar-refractivity contribution in [2.45, 2.75) is 81.4 Å². The summed E-state index contributed by atoms with van der Waals surface area (Å²) in [6, 6.07) is -1.27. The highest BCUT2D eigenvalue weighted by molar-refractivity contribution is 5.89. The highest BCUT2D eigenvalue weighted by Gasteiger charge is 2.38. The molecule has 2 saturated heterocycles. The highest BCUT2D eigenvalue weighted by atomic mass is 16.7. The zero-order valence-electron chi connectivity index (χ0n) is 34.1. The van der Waals surface area contributed by atoms with E-state index in [1.165, 1.54) is 0 Å². The Morgan fingerprint density at radius 3 is 1.72 bits per heavy atom. The van der Waals surface area contributed by atoms with Gasteiger partial charge in [-0.25, -0.2) is 0 Å². The van der Waals surface area contributed by atoms with Crippen molar-refractivity contribution >= 4 is 35.6 Å². The molecule has 0 aromatic carbocycles. The number of hydrogen-bond acceptors (Lipinski definition) is 17. The van der Waals surface area contributed by atoms with Crippen LogP contribution in [0.15, 0.2) is 12.7 Å². The summed E-state index contributed by atoms with van der Waals surface area (Å²) >= 11 is 0. The van der Waals surface area contributed by atoms with Crippen molar-refractivity contribution in [2.24, 2.45) is 0 Å². The monoisotopic (exact) mass is 862 g/mol. The molecule has 60 heavy (non-hydrogen) atoms. The molecule has 0 spiro atoms. The van der Waals surface area contributed by atoms with Crippen molar-refractivity contribution in [3.05, 3.63) is 12.7 Å². The number of aliphatic carboxylic acids is 2.